The molecule has 1 aliphatic carbocycles. The molecule has 4 heteroatoms. The topological polar surface area (TPSA) is 35.5 Å². The van der Waals surface area contributed by atoms with Gasteiger partial charge in [0.15, 0.2) is 0 Å². The van der Waals surface area contributed by atoms with E-state index in [-0.39, 0.29) is 29.5 Å². The number of carbonyl (C=O) groups is 1. The van der Waals surface area contributed by atoms with Gasteiger partial charge >= 0.3 is 5.97 Å². The first-order chi connectivity index (χ1) is 16.4. The van der Waals surface area contributed by atoms with Crippen LogP contribution in [-0.2, 0) is 16.0 Å². The maximum atomic E-state index is 14.3. The SMILES string of the molecule is COC(=O)[C@@H](C)[C@H](c1ccc2c(c1)CC(c1ccc(-c3cc(C)ccc3F)cc1)CO2)C1CC1. The minimum absolute atomic E-state index is 0.145. The molecule has 34 heavy (non-hydrogen) atoms. The van der Waals surface area contributed by atoms with Crippen LogP contribution in [0.25, 0.3) is 11.1 Å². The summed E-state index contributed by atoms with van der Waals surface area (Å²) < 4.78 is 25.5. The van der Waals surface area contributed by atoms with Crippen molar-refractivity contribution in [1.82, 2.24) is 0 Å². The maximum absolute atomic E-state index is 14.3. The highest BCUT2D eigenvalue weighted by Gasteiger charge is 2.39. The smallest absolute Gasteiger partial charge is 0.309 e. The average molecular weight is 459 g/mol. The van der Waals surface area contributed by atoms with Crippen molar-refractivity contribution < 1.29 is 18.7 Å². The third kappa shape index (κ3) is 4.46. The van der Waals surface area contributed by atoms with Gasteiger partial charge in [-0.1, -0.05) is 55.0 Å². The van der Waals surface area contributed by atoms with Crippen LogP contribution in [0.2, 0.25) is 0 Å². The number of halogens is 1. The lowest BCUT2D eigenvalue weighted by atomic mass is 9.81. The highest BCUT2D eigenvalue weighted by molar-refractivity contribution is 5.73. The lowest BCUT2D eigenvalue weighted by molar-refractivity contribution is -0.145. The van der Waals surface area contributed by atoms with E-state index < -0.39 is 0 Å². The van der Waals surface area contributed by atoms with Crippen LogP contribution in [0.15, 0.2) is 60.7 Å². The predicted molar refractivity (Wildman–Crippen MR) is 132 cm³/mol. The largest absolute Gasteiger partial charge is 0.493 e. The molecule has 3 aromatic rings. The van der Waals surface area contributed by atoms with Gasteiger partial charge in [-0.05, 0) is 78.5 Å². The van der Waals surface area contributed by atoms with E-state index in [2.05, 4.69) is 30.3 Å². The third-order valence-electron chi connectivity index (χ3n) is 7.43. The van der Waals surface area contributed by atoms with Gasteiger partial charge in [0.2, 0.25) is 0 Å². The molecule has 5 rings (SSSR count). The Balaban J connectivity index is 1.37. The summed E-state index contributed by atoms with van der Waals surface area (Å²) in [7, 11) is 1.46. The van der Waals surface area contributed by atoms with Crippen molar-refractivity contribution in [2.45, 2.75) is 44.9 Å². The van der Waals surface area contributed by atoms with Gasteiger partial charge in [0.1, 0.15) is 11.6 Å². The third-order valence-corrected chi connectivity index (χ3v) is 7.43. The Kier molecular flexibility index (Phi) is 6.16. The van der Waals surface area contributed by atoms with Crippen molar-refractivity contribution in [3.63, 3.8) is 0 Å². The van der Waals surface area contributed by atoms with E-state index in [1.54, 1.807) is 6.07 Å². The van der Waals surface area contributed by atoms with Crippen molar-refractivity contribution in [3.8, 4) is 16.9 Å². The van der Waals surface area contributed by atoms with Crippen molar-refractivity contribution in [3.05, 3.63) is 88.7 Å². The van der Waals surface area contributed by atoms with E-state index in [0.29, 0.717) is 18.1 Å². The number of benzene rings is 3. The van der Waals surface area contributed by atoms with Gasteiger partial charge in [-0.3, -0.25) is 4.79 Å². The molecule has 1 saturated carbocycles. The number of methoxy groups -OCH3 is 1. The Hall–Kier alpha value is -3.14. The summed E-state index contributed by atoms with van der Waals surface area (Å²) in [6, 6.07) is 19.8. The maximum Gasteiger partial charge on any atom is 0.309 e. The Labute approximate surface area is 200 Å². The van der Waals surface area contributed by atoms with Crippen LogP contribution >= 0.6 is 0 Å². The van der Waals surface area contributed by atoms with Gasteiger partial charge in [-0.25, -0.2) is 4.39 Å². The average Bonchev–Trinajstić information content (AvgIpc) is 3.70. The Bertz CT molecular complexity index is 1200. The number of ether oxygens (including phenoxy) is 2. The summed E-state index contributed by atoms with van der Waals surface area (Å²) in [5.74, 6) is 1.38. The molecule has 176 valence electrons. The number of hydrogen-bond acceptors (Lipinski definition) is 3. The van der Waals surface area contributed by atoms with Crippen LogP contribution in [0.3, 0.4) is 0 Å². The van der Waals surface area contributed by atoms with Crippen molar-refractivity contribution in [2.24, 2.45) is 11.8 Å². The minimum atomic E-state index is -0.202. The standard InChI is InChI=1S/C30H31FO3/c1-18-4-12-27(31)26(14-18)21-7-5-20(6-8-21)25-16-24-15-23(11-13-28(24)34-17-25)29(22-9-10-22)19(2)30(32)33-3/h4-8,11-15,19,22,25,29H,9-10,16-17H2,1-3H3/t19-,25?,29-/m0/s1. The molecule has 0 amide bonds. The molecule has 2 aliphatic rings. The van der Waals surface area contributed by atoms with E-state index >= 15 is 0 Å². The first-order valence-corrected chi connectivity index (χ1v) is 12.1. The number of aryl methyl sites for hydroxylation is 1. The van der Waals surface area contributed by atoms with Crippen LogP contribution in [0.5, 0.6) is 5.75 Å². The number of carbonyl (C=O) groups excluding carboxylic acids is 1. The van der Waals surface area contributed by atoms with Crippen molar-refractivity contribution in [2.75, 3.05) is 13.7 Å². The molecule has 0 aromatic heterocycles. The molecule has 0 spiro atoms. The predicted octanol–water partition coefficient (Wildman–Crippen LogP) is 6.82. The Morgan fingerprint density at radius 3 is 2.53 bits per heavy atom. The lowest BCUT2D eigenvalue weighted by Crippen LogP contribution is -2.23. The van der Waals surface area contributed by atoms with Crippen LogP contribution < -0.4 is 4.74 Å². The van der Waals surface area contributed by atoms with Gasteiger partial charge in [0.25, 0.3) is 0 Å². The fourth-order valence-corrected chi connectivity index (χ4v) is 5.39. The van der Waals surface area contributed by atoms with E-state index in [0.717, 1.165) is 36.1 Å². The molecule has 1 heterocycles. The van der Waals surface area contributed by atoms with Gasteiger partial charge in [0.05, 0.1) is 19.6 Å². The second-order valence-electron chi connectivity index (χ2n) is 9.86. The molecule has 1 fully saturated rings. The van der Waals surface area contributed by atoms with Crippen LogP contribution in [-0.4, -0.2) is 19.7 Å². The molecule has 1 unspecified atom stereocenters. The van der Waals surface area contributed by atoms with Gasteiger partial charge in [0, 0.05) is 11.5 Å². The molecular weight excluding hydrogens is 427 g/mol. The summed E-state index contributed by atoms with van der Waals surface area (Å²) >= 11 is 0. The van der Waals surface area contributed by atoms with Crippen molar-refractivity contribution in [1.29, 1.82) is 0 Å². The van der Waals surface area contributed by atoms with Gasteiger partial charge in [-0.15, -0.1) is 0 Å². The summed E-state index contributed by atoms with van der Waals surface area (Å²) in [6.07, 6.45) is 3.21. The summed E-state index contributed by atoms with van der Waals surface area (Å²) in [6.45, 7) is 4.57. The highest BCUT2D eigenvalue weighted by Crippen LogP contribution is 2.48. The molecule has 3 atom stereocenters. The second kappa shape index (κ2) is 9.25. The molecule has 1 aliphatic heterocycles. The fourth-order valence-electron chi connectivity index (χ4n) is 5.39. The number of hydrogen-bond donors (Lipinski definition) is 0. The summed E-state index contributed by atoms with van der Waals surface area (Å²) in [5.41, 5.74) is 6.13. The van der Waals surface area contributed by atoms with Gasteiger partial charge in [-0.2, -0.15) is 0 Å². The fraction of sp³-hybridized carbons (Fsp3) is 0.367. The normalized spacial score (nSPS) is 19.0. The van der Waals surface area contributed by atoms with E-state index in [9.17, 15) is 9.18 Å². The monoisotopic (exact) mass is 458 g/mol. The molecule has 3 aromatic carbocycles. The summed E-state index contributed by atoms with van der Waals surface area (Å²) in [5, 5.41) is 0. The van der Waals surface area contributed by atoms with Crippen LogP contribution in [0, 0.1) is 24.6 Å². The van der Waals surface area contributed by atoms with Gasteiger partial charge < -0.3 is 9.47 Å². The Morgan fingerprint density at radius 2 is 1.82 bits per heavy atom. The molecular formula is C30H31FO3. The van der Waals surface area contributed by atoms with E-state index in [4.69, 9.17) is 9.47 Å². The lowest BCUT2D eigenvalue weighted by Gasteiger charge is -2.28. The zero-order valence-corrected chi connectivity index (χ0v) is 20.0. The van der Waals surface area contributed by atoms with Crippen LogP contribution in [0.1, 0.15) is 53.9 Å². The molecule has 0 saturated heterocycles. The number of rotatable bonds is 6. The molecule has 3 nitrogen and oxygen atoms in total. The zero-order valence-electron chi connectivity index (χ0n) is 20.0. The van der Waals surface area contributed by atoms with Crippen LogP contribution in [0.4, 0.5) is 4.39 Å². The first-order valence-electron chi connectivity index (χ1n) is 12.1. The summed E-state index contributed by atoms with van der Waals surface area (Å²) in [4.78, 5) is 12.3. The number of fused-ring (bicyclic) bond motifs is 1. The van der Waals surface area contributed by atoms with E-state index in [1.807, 2.05) is 32.0 Å². The molecule has 0 N–H and O–H groups in total. The Morgan fingerprint density at radius 1 is 1.06 bits per heavy atom. The quantitative estimate of drug-likeness (QED) is 0.380. The first kappa shape index (κ1) is 22.6. The number of esters is 1. The zero-order chi connectivity index (χ0) is 23.8. The second-order valence-corrected chi connectivity index (χ2v) is 9.86. The van der Waals surface area contributed by atoms with E-state index in [1.165, 1.54) is 29.9 Å². The molecule has 0 radical (unpaired) electrons. The highest BCUT2D eigenvalue weighted by atomic mass is 19.1. The molecule has 0 bridgehead atoms. The van der Waals surface area contributed by atoms with Crippen molar-refractivity contribution >= 4 is 5.97 Å². The minimum Gasteiger partial charge on any atom is -0.493 e.